The van der Waals surface area contributed by atoms with E-state index in [-0.39, 0.29) is 0 Å². The van der Waals surface area contributed by atoms with E-state index in [4.69, 9.17) is 15.0 Å². The predicted molar refractivity (Wildman–Crippen MR) is 182 cm³/mol. The Kier molecular flexibility index (Phi) is 7.14. The van der Waals surface area contributed by atoms with Gasteiger partial charge in [0.15, 0.2) is 5.82 Å². The Morgan fingerprint density at radius 3 is 1.95 bits per heavy atom. The molecule has 0 unspecified atom stereocenters. The van der Waals surface area contributed by atoms with Gasteiger partial charge in [-0.25, -0.2) is 9.97 Å². The summed E-state index contributed by atoms with van der Waals surface area (Å²) in [5.41, 5.74) is 13.0. The van der Waals surface area contributed by atoms with Crippen LogP contribution in [0.25, 0.3) is 67.1 Å². The molecule has 2 aromatic heterocycles. The zero-order valence-corrected chi connectivity index (χ0v) is 25.5. The number of rotatable bonds is 5. The minimum Gasteiger partial charge on any atom is -0.255 e. The van der Waals surface area contributed by atoms with Crippen molar-refractivity contribution in [2.24, 2.45) is 0 Å². The fourth-order valence-corrected chi connectivity index (χ4v) is 6.30. The Labute approximate surface area is 260 Å². The predicted octanol–water partition coefficient (Wildman–Crippen LogP) is 10.7. The summed E-state index contributed by atoms with van der Waals surface area (Å²) in [6, 6.07) is 44.3. The Bertz CT molecular complexity index is 2080. The fourth-order valence-electron chi connectivity index (χ4n) is 5.71. The molecule has 7 aromatic rings. The van der Waals surface area contributed by atoms with Crippen molar-refractivity contribution in [2.45, 2.75) is 13.8 Å². The Hall–Kier alpha value is -4.93. The minimum absolute atomic E-state index is 0.663. The minimum atomic E-state index is 0.663. The molecule has 0 N–H and O–H groups in total. The standard InChI is InChI=1S/C39H28BrN3/c1-25-20-26(2)22-30(21-25)31-12-6-7-13-32(31)33-18-16-28(23-35(33)40)36-19-17-29(24-41-36)39-42-37-15-9-8-14-34(37)38(43-39)27-10-4-3-5-11-27/h3-24H,1-2H3. The van der Waals surface area contributed by atoms with Gasteiger partial charge in [0.05, 0.1) is 16.9 Å². The van der Waals surface area contributed by atoms with Crippen molar-refractivity contribution >= 4 is 26.8 Å². The third kappa shape index (κ3) is 5.38. The molecule has 0 fully saturated rings. The van der Waals surface area contributed by atoms with Crippen molar-refractivity contribution in [1.82, 2.24) is 15.0 Å². The molecular weight excluding hydrogens is 590 g/mol. The van der Waals surface area contributed by atoms with Crippen molar-refractivity contribution in [2.75, 3.05) is 0 Å². The number of halogens is 1. The first kappa shape index (κ1) is 26.9. The molecule has 0 amide bonds. The number of para-hydroxylation sites is 1. The van der Waals surface area contributed by atoms with Gasteiger partial charge in [-0.3, -0.25) is 4.98 Å². The molecule has 43 heavy (non-hydrogen) atoms. The maximum atomic E-state index is 4.99. The average Bonchev–Trinajstić information content (AvgIpc) is 3.04. The van der Waals surface area contributed by atoms with Gasteiger partial charge in [0.25, 0.3) is 0 Å². The van der Waals surface area contributed by atoms with E-state index in [1.54, 1.807) is 0 Å². The van der Waals surface area contributed by atoms with Crippen molar-refractivity contribution in [3.8, 4) is 56.2 Å². The maximum absolute atomic E-state index is 4.99. The van der Waals surface area contributed by atoms with Crippen molar-refractivity contribution in [3.05, 3.63) is 149 Å². The van der Waals surface area contributed by atoms with Crippen LogP contribution >= 0.6 is 15.9 Å². The number of hydrogen-bond acceptors (Lipinski definition) is 3. The van der Waals surface area contributed by atoms with Crippen LogP contribution in [0, 0.1) is 13.8 Å². The second kappa shape index (κ2) is 11.4. The lowest BCUT2D eigenvalue weighted by Gasteiger charge is -2.14. The van der Waals surface area contributed by atoms with Crippen LogP contribution in [-0.4, -0.2) is 15.0 Å². The second-order valence-electron chi connectivity index (χ2n) is 10.8. The molecular formula is C39H28BrN3. The van der Waals surface area contributed by atoms with Crippen LogP contribution in [0.3, 0.4) is 0 Å². The van der Waals surface area contributed by atoms with Gasteiger partial charge in [-0.1, -0.05) is 130 Å². The van der Waals surface area contributed by atoms with Gasteiger partial charge in [-0.15, -0.1) is 0 Å². The summed E-state index contributed by atoms with van der Waals surface area (Å²) in [5, 5.41) is 1.03. The van der Waals surface area contributed by atoms with Gasteiger partial charge < -0.3 is 0 Å². The Morgan fingerprint density at radius 2 is 1.21 bits per heavy atom. The largest absolute Gasteiger partial charge is 0.255 e. The molecule has 0 aliphatic heterocycles. The normalized spacial score (nSPS) is 11.1. The van der Waals surface area contributed by atoms with Crippen LogP contribution < -0.4 is 0 Å². The van der Waals surface area contributed by atoms with E-state index in [0.29, 0.717) is 5.82 Å². The lowest BCUT2D eigenvalue weighted by atomic mass is 9.92. The molecule has 0 bridgehead atoms. The summed E-state index contributed by atoms with van der Waals surface area (Å²) in [6.07, 6.45) is 1.87. The smallest absolute Gasteiger partial charge is 0.161 e. The fraction of sp³-hybridized carbons (Fsp3) is 0.0513. The number of aromatic nitrogens is 3. The molecule has 0 saturated heterocycles. The highest BCUT2D eigenvalue weighted by Crippen LogP contribution is 2.38. The van der Waals surface area contributed by atoms with Crippen molar-refractivity contribution in [1.29, 1.82) is 0 Å². The number of nitrogens with zero attached hydrogens (tertiary/aromatic N) is 3. The van der Waals surface area contributed by atoms with Crippen LogP contribution in [0.2, 0.25) is 0 Å². The molecule has 0 spiro atoms. The lowest BCUT2D eigenvalue weighted by molar-refractivity contribution is 1.21. The summed E-state index contributed by atoms with van der Waals surface area (Å²) < 4.78 is 1.03. The molecule has 0 aliphatic rings. The average molecular weight is 619 g/mol. The third-order valence-corrected chi connectivity index (χ3v) is 8.34. The van der Waals surface area contributed by atoms with Gasteiger partial charge in [0.2, 0.25) is 0 Å². The number of aryl methyl sites for hydroxylation is 2. The first-order valence-electron chi connectivity index (χ1n) is 14.3. The molecule has 3 nitrogen and oxygen atoms in total. The van der Waals surface area contributed by atoms with Gasteiger partial charge in [0, 0.05) is 32.7 Å². The topological polar surface area (TPSA) is 38.7 Å². The van der Waals surface area contributed by atoms with Crippen LogP contribution in [0.5, 0.6) is 0 Å². The Morgan fingerprint density at radius 1 is 0.512 bits per heavy atom. The number of pyridine rings is 1. The molecule has 206 valence electrons. The summed E-state index contributed by atoms with van der Waals surface area (Å²) in [4.78, 5) is 14.7. The summed E-state index contributed by atoms with van der Waals surface area (Å²) >= 11 is 3.87. The van der Waals surface area contributed by atoms with E-state index in [1.807, 2.05) is 48.7 Å². The van der Waals surface area contributed by atoms with Crippen LogP contribution in [0.1, 0.15) is 11.1 Å². The zero-order valence-electron chi connectivity index (χ0n) is 23.9. The third-order valence-electron chi connectivity index (χ3n) is 7.69. The van der Waals surface area contributed by atoms with Gasteiger partial charge in [0.1, 0.15) is 0 Å². The van der Waals surface area contributed by atoms with E-state index in [1.165, 1.54) is 27.8 Å². The SMILES string of the molecule is Cc1cc(C)cc(-c2ccccc2-c2ccc(-c3ccc(-c4nc(-c5ccccc5)c5ccccc5n4)cn3)cc2Br)c1. The van der Waals surface area contributed by atoms with E-state index < -0.39 is 0 Å². The van der Waals surface area contributed by atoms with Gasteiger partial charge >= 0.3 is 0 Å². The molecule has 5 aromatic carbocycles. The van der Waals surface area contributed by atoms with Crippen LogP contribution in [0.4, 0.5) is 0 Å². The highest BCUT2D eigenvalue weighted by Gasteiger charge is 2.14. The molecule has 0 atom stereocenters. The Balaban J connectivity index is 1.23. The number of fused-ring (bicyclic) bond motifs is 1. The van der Waals surface area contributed by atoms with E-state index in [2.05, 4.69) is 115 Å². The maximum Gasteiger partial charge on any atom is 0.161 e. The van der Waals surface area contributed by atoms with Crippen LogP contribution in [-0.2, 0) is 0 Å². The number of hydrogen-bond donors (Lipinski definition) is 0. The summed E-state index contributed by atoms with van der Waals surface area (Å²) in [5.74, 6) is 0.663. The van der Waals surface area contributed by atoms with Crippen molar-refractivity contribution < 1.29 is 0 Å². The molecule has 0 saturated carbocycles. The highest BCUT2D eigenvalue weighted by atomic mass is 79.9. The zero-order chi connectivity index (χ0) is 29.3. The monoisotopic (exact) mass is 617 g/mol. The van der Waals surface area contributed by atoms with E-state index >= 15 is 0 Å². The summed E-state index contributed by atoms with van der Waals surface area (Å²) in [7, 11) is 0. The van der Waals surface area contributed by atoms with Gasteiger partial charge in [-0.05, 0) is 60.4 Å². The van der Waals surface area contributed by atoms with Crippen molar-refractivity contribution in [3.63, 3.8) is 0 Å². The first-order valence-corrected chi connectivity index (χ1v) is 15.1. The molecule has 2 heterocycles. The van der Waals surface area contributed by atoms with Gasteiger partial charge in [-0.2, -0.15) is 0 Å². The number of benzene rings is 5. The summed E-state index contributed by atoms with van der Waals surface area (Å²) in [6.45, 7) is 4.30. The molecule has 4 heteroatoms. The lowest BCUT2D eigenvalue weighted by Crippen LogP contribution is -1.96. The van der Waals surface area contributed by atoms with Crippen LogP contribution in [0.15, 0.2) is 138 Å². The molecule has 0 aliphatic carbocycles. The molecule has 7 rings (SSSR count). The van der Waals surface area contributed by atoms with E-state index in [0.717, 1.165) is 49.0 Å². The molecule has 0 radical (unpaired) electrons. The first-order chi connectivity index (χ1) is 21.0. The quantitative estimate of drug-likeness (QED) is 0.193. The van der Waals surface area contributed by atoms with E-state index in [9.17, 15) is 0 Å². The highest BCUT2D eigenvalue weighted by molar-refractivity contribution is 9.10. The second-order valence-corrected chi connectivity index (χ2v) is 11.7.